The summed E-state index contributed by atoms with van der Waals surface area (Å²) in [6.07, 6.45) is 8.10. The molecule has 2 aliphatic rings. The minimum absolute atomic E-state index is 0.701. The van der Waals surface area contributed by atoms with E-state index >= 15 is 0 Å². The van der Waals surface area contributed by atoms with Gasteiger partial charge in [-0.05, 0) is 81.1 Å². The van der Waals surface area contributed by atoms with Crippen molar-refractivity contribution in [2.75, 3.05) is 26.2 Å². The lowest BCUT2D eigenvalue weighted by Crippen LogP contribution is -2.40. The molecule has 2 atom stereocenters. The van der Waals surface area contributed by atoms with Crippen LogP contribution in [0.5, 0.6) is 0 Å². The minimum atomic E-state index is 0.701. The molecule has 20 heavy (non-hydrogen) atoms. The van der Waals surface area contributed by atoms with Gasteiger partial charge in [-0.1, -0.05) is 6.92 Å². The number of nitrogens with one attached hydrogen (secondary N) is 1. The number of thiophene rings is 1. The Labute approximate surface area is 127 Å². The van der Waals surface area contributed by atoms with Crippen molar-refractivity contribution >= 4 is 11.3 Å². The summed E-state index contributed by atoms with van der Waals surface area (Å²) in [5, 5.41) is 5.88. The Morgan fingerprint density at radius 2 is 2.30 bits per heavy atom. The number of aryl methyl sites for hydroxylation is 1. The predicted molar refractivity (Wildman–Crippen MR) is 87.5 cm³/mol. The summed E-state index contributed by atoms with van der Waals surface area (Å²) in [6, 6.07) is 3.10. The second-order valence-corrected chi connectivity index (χ2v) is 7.42. The molecule has 1 aromatic rings. The number of nitrogens with zero attached hydrogens (tertiary/aromatic N) is 1. The molecule has 2 heterocycles. The standard InChI is InChI=1S/C17H28N2S/c1-2-10-19(13-14-5-4-9-18-12-14)16-6-3-7-17-15(16)8-11-20-17/h8,11,14,16,18H,2-7,9-10,12-13H2,1H3. The molecule has 0 aromatic carbocycles. The largest absolute Gasteiger partial charge is 0.316 e. The molecule has 1 aliphatic heterocycles. The zero-order chi connectivity index (χ0) is 13.8. The van der Waals surface area contributed by atoms with E-state index in [2.05, 4.69) is 28.6 Å². The lowest BCUT2D eigenvalue weighted by atomic mass is 9.90. The molecule has 0 bridgehead atoms. The second-order valence-electron chi connectivity index (χ2n) is 6.41. The minimum Gasteiger partial charge on any atom is -0.316 e. The summed E-state index contributed by atoms with van der Waals surface area (Å²) < 4.78 is 0. The van der Waals surface area contributed by atoms with Crippen molar-refractivity contribution in [2.24, 2.45) is 5.92 Å². The first-order valence-electron chi connectivity index (χ1n) is 8.39. The van der Waals surface area contributed by atoms with E-state index in [0.717, 1.165) is 5.92 Å². The summed E-state index contributed by atoms with van der Waals surface area (Å²) >= 11 is 1.97. The van der Waals surface area contributed by atoms with Crippen LogP contribution in [-0.2, 0) is 6.42 Å². The summed E-state index contributed by atoms with van der Waals surface area (Å²) in [6.45, 7) is 7.33. The Balaban J connectivity index is 1.70. The van der Waals surface area contributed by atoms with Gasteiger partial charge in [-0.3, -0.25) is 4.90 Å². The van der Waals surface area contributed by atoms with Gasteiger partial charge in [-0.15, -0.1) is 11.3 Å². The first-order valence-corrected chi connectivity index (χ1v) is 9.27. The lowest BCUT2D eigenvalue weighted by molar-refractivity contribution is 0.141. The SMILES string of the molecule is CCCN(CC1CCCNC1)C1CCCc2sccc21. The highest BCUT2D eigenvalue weighted by molar-refractivity contribution is 7.10. The van der Waals surface area contributed by atoms with E-state index in [4.69, 9.17) is 0 Å². The molecule has 1 saturated heterocycles. The maximum atomic E-state index is 3.57. The molecule has 0 radical (unpaired) electrons. The molecule has 2 nitrogen and oxygen atoms in total. The van der Waals surface area contributed by atoms with Crippen molar-refractivity contribution in [3.05, 3.63) is 21.9 Å². The van der Waals surface area contributed by atoms with Gasteiger partial charge in [0.05, 0.1) is 0 Å². The molecular formula is C17H28N2S. The van der Waals surface area contributed by atoms with Gasteiger partial charge in [0.1, 0.15) is 0 Å². The van der Waals surface area contributed by atoms with Crippen molar-refractivity contribution < 1.29 is 0 Å². The van der Waals surface area contributed by atoms with Crippen LogP contribution in [0.1, 0.15) is 55.5 Å². The summed E-state index contributed by atoms with van der Waals surface area (Å²) in [5.41, 5.74) is 1.65. The number of hydrogen-bond acceptors (Lipinski definition) is 3. The molecule has 1 aromatic heterocycles. The van der Waals surface area contributed by atoms with E-state index in [-0.39, 0.29) is 0 Å². The van der Waals surface area contributed by atoms with Gasteiger partial charge >= 0.3 is 0 Å². The van der Waals surface area contributed by atoms with Gasteiger partial charge in [-0.25, -0.2) is 0 Å². The molecular weight excluding hydrogens is 264 g/mol. The highest BCUT2D eigenvalue weighted by Crippen LogP contribution is 2.37. The smallest absolute Gasteiger partial charge is 0.0359 e. The summed E-state index contributed by atoms with van der Waals surface area (Å²) in [5.74, 6) is 0.860. The van der Waals surface area contributed by atoms with Crippen LogP contribution >= 0.6 is 11.3 Å². The molecule has 0 saturated carbocycles. The third-order valence-electron chi connectivity index (χ3n) is 4.86. The summed E-state index contributed by atoms with van der Waals surface area (Å²) in [4.78, 5) is 4.45. The molecule has 0 amide bonds. The van der Waals surface area contributed by atoms with E-state index in [1.807, 2.05) is 11.3 Å². The Bertz CT molecular complexity index is 409. The molecule has 1 N–H and O–H groups in total. The van der Waals surface area contributed by atoms with E-state index in [1.54, 1.807) is 10.4 Å². The molecule has 3 rings (SSSR count). The molecule has 3 heteroatoms. The van der Waals surface area contributed by atoms with Crippen LogP contribution in [0.15, 0.2) is 11.4 Å². The van der Waals surface area contributed by atoms with Gasteiger partial charge in [0.15, 0.2) is 0 Å². The van der Waals surface area contributed by atoms with Crippen LogP contribution in [-0.4, -0.2) is 31.1 Å². The zero-order valence-corrected chi connectivity index (χ0v) is 13.6. The second kappa shape index (κ2) is 7.06. The Morgan fingerprint density at radius 1 is 1.35 bits per heavy atom. The average Bonchev–Trinajstić information content (AvgIpc) is 2.96. The van der Waals surface area contributed by atoms with Gasteiger partial charge in [0.2, 0.25) is 0 Å². The quantitative estimate of drug-likeness (QED) is 0.887. The maximum absolute atomic E-state index is 3.57. The molecule has 1 fully saturated rings. The molecule has 112 valence electrons. The average molecular weight is 292 g/mol. The van der Waals surface area contributed by atoms with Crippen LogP contribution in [0.4, 0.5) is 0 Å². The molecule has 0 spiro atoms. The van der Waals surface area contributed by atoms with E-state index in [0.29, 0.717) is 6.04 Å². The Morgan fingerprint density at radius 3 is 3.10 bits per heavy atom. The fourth-order valence-electron chi connectivity index (χ4n) is 3.91. The number of rotatable bonds is 5. The van der Waals surface area contributed by atoms with Crippen molar-refractivity contribution in [2.45, 2.75) is 51.5 Å². The number of hydrogen-bond donors (Lipinski definition) is 1. The third-order valence-corrected chi connectivity index (χ3v) is 5.86. The first kappa shape index (κ1) is 14.6. The molecule has 1 aliphatic carbocycles. The van der Waals surface area contributed by atoms with E-state index < -0.39 is 0 Å². The van der Waals surface area contributed by atoms with Gasteiger partial charge in [0.25, 0.3) is 0 Å². The fraction of sp³-hybridized carbons (Fsp3) is 0.765. The number of piperidine rings is 1. The van der Waals surface area contributed by atoms with Crippen molar-refractivity contribution in [3.8, 4) is 0 Å². The molecule has 2 unspecified atom stereocenters. The third kappa shape index (κ3) is 3.26. The van der Waals surface area contributed by atoms with Gasteiger partial charge in [-0.2, -0.15) is 0 Å². The monoisotopic (exact) mass is 292 g/mol. The first-order chi connectivity index (χ1) is 9.88. The van der Waals surface area contributed by atoms with Gasteiger partial charge < -0.3 is 5.32 Å². The van der Waals surface area contributed by atoms with Gasteiger partial charge in [0, 0.05) is 17.5 Å². The Kier molecular flexibility index (Phi) is 5.14. The highest BCUT2D eigenvalue weighted by atomic mass is 32.1. The maximum Gasteiger partial charge on any atom is 0.0359 e. The van der Waals surface area contributed by atoms with Crippen LogP contribution < -0.4 is 5.32 Å². The van der Waals surface area contributed by atoms with Crippen molar-refractivity contribution in [1.82, 2.24) is 10.2 Å². The van der Waals surface area contributed by atoms with Crippen molar-refractivity contribution in [1.29, 1.82) is 0 Å². The van der Waals surface area contributed by atoms with Crippen molar-refractivity contribution in [3.63, 3.8) is 0 Å². The zero-order valence-electron chi connectivity index (χ0n) is 12.7. The predicted octanol–water partition coefficient (Wildman–Crippen LogP) is 3.84. The number of fused-ring (bicyclic) bond motifs is 1. The van der Waals surface area contributed by atoms with Crippen LogP contribution in [0, 0.1) is 5.92 Å². The van der Waals surface area contributed by atoms with Crippen LogP contribution in [0.3, 0.4) is 0 Å². The topological polar surface area (TPSA) is 15.3 Å². The van der Waals surface area contributed by atoms with E-state index in [1.165, 1.54) is 64.7 Å². The fourth-order valence-corrected chi connectivity index (χ4v) is 4.90. The summed E-state index contributed by atoms with van der Waals surface area (Å²) in [7, 11) is 0. The Hall–Kier alpha value is -0.380. The van der Waals surface area contributed by atoms with Crippen LogP contribution in [0.2, 0.25) is 0 Å². The van der Waals surface area contributed by atoms with E-state index in [9.17, 15) is 0 Å². The normalized spacial score (nSPS) is 26.7. The van der Waals surface area contributed by atoms with Crippen LogP contribution in [0.25, 0.3) is 0 Å². The lowest BCUT2D eigenvalue weighted by Gasteiger charge is -2.37. The highest BCUT2D eigenvalue weighted by Gasteiger charge is 2.28.